The predicted octanol–water partition coefficient (Wildman–Crippen LogP) is 3.64. The third-order valence-electron chi connectivity index (χ3n) is 3.38. The first-order valence-corrected chi connectivity index (χ1v) is 7.82. The van der Waals surface area contributed by atoms with Gasteiger partial charge in [-0.3, -0.25) is 4.40 Å². The van der Waals surface area contributed by atoms with E-state index in [-0.39, 0.29) is 18.3 Å². The number of halogens is 1. The Hall–Kier alpha value is -1.92. The molecule has 0 aliphatic heterocycles. The fourth-order valence-corrected chi connectivity index (χ4v) is 3.24. The number of aliphatic hydroxyl groups excluding tert-OH is 1. The number of nitrogens with zero attached hydrogens (tertiary/aromatic N) is 3. The van der Waals surface area contributed by atoms with Crippen molar-refractivity contribution in [2.45, 2.75) is 36.2 Å². The Balaban J connectivity index is 2.01. The van der Waals surface area contributed by atoms with Crippen LogP contribution in [0.3, 0.4) is 0 Å². The Morgan fingerprint density at radius 2 is 2.05 bits per heavy atom. The van der Waals surface area contributed by atoms with Gasteiger partial charge in [0.05, 0.1) is 6.61 Å². The second kappa shape index (κ2) is 6.06. The number of rotatable bonds is 4. The summed E-state index contributed by atoms with van der Waals surface area (Å²) in [5.74, 6) is 0.761. The van der Waals surface area contributed by atoms with E-state index in [1.165, 1.54) is 17.8 Å². The van der Waals surface area contributed by atoms with Crippen LogP contribution in [0.15, 0.2) is 46.3 Å². The lowest BCUT2D eigenvalue weighted by molar-refractivity contribution is 0.272. The molecule has 0 saturated heterocycles. The molecule has 3 aromatic rings. The number of hydrogen-bond donors (Lipinski definition) is 1. The Morgan fingerprint density at radius 3 is 2.77 bits per heavy atom. The van der Waals surface area contributed by atoms with Gasteiger partial charge in [-0.1, -0.05) is 31.7 Å². The first-order valence-electron chi connectivity index (χ1n) is 7.01. The molecule has 3 rings (SSSR count). The van der Waals surface area contributed by atoms with Crippen LogP contribution < -0.4 is 0 Å². The van der Waals surface area contributed by atoms with E-state index in [0.29, 0.717) is 10.5 Å². The highest BCUT2D eigenvalue weighted by atomic mass is 32.2. The van der Waals surface area contributed by atoms with Crippen molar-refractivity contribution in [3.63, 3.8) is 0 Å². The minimum Gasteiger partial charge on any atom is -0.392 e. The second-order valence-electron chi connectivity index (χ2n) is 5.28. The van der Waals surface area contributed by atoms with Gasteiger partial charge < -0.3 is 5.11 Å². The van der Waals surface area contributed by atoms with Crippen LogP contribution in [0.5, 0.6) is 0 Å². The van der Waals surface area contributed by atoms with Gasteiger partial charge in [0.25, 0.3) is 0 Å². The summed E-state index contributed by atoms with van der Waals surface area (Å²) < 4.78 is 15.7. The molecule has 0 radical (unpaired) electrons. The van der Waals surface area contributed by atoms with E-state index in [4.69, 9.17) is 0 Å². The van der Waals surface area contributed by atoms with Gasteiger partial charge >= 0.3 is 0 Å². The maximum atomic E-state index is 13.7. The molecule has 0 amide bonds. The fraction of sp³-hybridized carbons (Fsp3) is 0.250. The highest BCUT2D eigenvalue weighted by Crippen LogP contribution is 2.32. The summed E-state index contributed by atoms with van der Waals surface area (Å²) >= 11 is 1.42. The zero-order valence-corrected chi connectivity index (χ0v) is 13.1. The van der Waals surface area contributed by atoms with E-state index >= 15 is 0 Å². The molecule has 4 nitrogen and oxygen atoms in total. The topological polar surface area (TPSA) is 50.4 Å². The molecular weight excluding hydrogens is 301 g/mol. The third-order valence-corrected chi connectivity index (χ3v) is 4.46. The van der Waals surface area contributed by atoms with Crippen LogP contribution >= 0.6 is 11.8 Å². The molecule has 0 aliphatic rings. The average Bonchev–Trinajstić information content (AvgIpc) is 2.91. The number of aliphatic hydroxyl groups is 1. The molecular formula is C16H16FN3OS. The van der Waals surface area contributed by atoms with Crippen molar-refractivity contribution in [2.75, 3.05) is 0 Å². The Labute approximate surface area is 132 Å². The molecule has 0 fully saturated rings. The summed E-state index contributed by atoms with van der Waals surface area (Å²) in [5.41, 5.74) is 1.11. The smallest absolute Gasteiger partial charge is 0.160 e. The number of fused-ring (bicyclic) bond motifs is 1. The first kappa shape index (κ1) is 15.0. The van der Waals surface area contributed by atoms with Crippen molar-refractivity contribution in [3.05, 3.63) is 53.7 Å². The van der Waals surface area contributed by atoms with Crippen LogP contribution in [0.1, 0.15) is 31.2 Å². The van der Waals surface area contributed by atoms with Crippen LogP contribution in [-0.2, 0) is 6.61 Å². The minimum atomic E-state index is -0.388. The van der Waals surface area contributed by atoms with E-state index < -0.39 is 0 Å². The van der Waals surface area contributed by atoms with Crippen LogP contribution in [0.2, 0.25) is 0 Å². The van der Waals surface area contributed by atoms with Gasteiger partial charge in [0.15, 0.2) is 5.65 Å². The number of pyridine rings is 1. The van der Waals surface area contributed by atoms with Gasteiger partial charge in [-0.05, 0) is 24.3 Å². The van der Waals surface area contributed by atoms with Crippen molar-refractivity contribution in [1.82, 2.24) is 14.6 Å². The normalized spacial score (nSPS) is 11.5. The van der Waals surface area contributed by atoms with Crippen LogP contribution in [0.25, 0.3) is 5.65 Å². The van der Waals surface area contributed by atoms with Crippen molar-refractivity contribution in [2.24, 2.45) is 0 Å². The molecule has 22 heavy (non-hydrogen) atoms. The number of hydrogen-bond acceptors (Lipinski definition) is 4. The molecule has 0 bridgehead atoms. The Morgan fingerprint density at radius 1 is 1.23 bits per heavy atom. The lowest BCUT2D eigenvalue weighted by Crippen LogP contribution is -1.97. The zero-order chi connectivity index (χ0) is 15.7. The maximum absolute atomic E-state index is 13.7. The number of benzene rings is 1. The van der Waals surface area contributed by atoms with Crippen molar-refractivity contribution < 1.29 is 9.50 Å². The van der Waals surface area contributed by atoms with Gasteiger partial charge in [-0.2, -0.15) is 0 Å². The summed E-state index contributed by atoms with van der Waals surface area (Å²) in [4.78, 5) is 1.65. The van der Waals surface area contributed by atoms with Gasteiger partial charge in [0, 0.05) is 27.5 Å². The second-order valence-corrected chi connectivity index (χ2v) is 6.40. The van der Waals surface area contributed by atoms with Gasteiger partial charge in [-0.25, -0.2) is 4.39 Å². The van der Waals surface area contributed by atoms with Gasteiger partial charge in [0.2, 0.25) is 0 Å². The lowest BCUT2D eigenvalue weighted by atomic mass is 10.2. The van der Waals surface area contributed by atoms with Gasteiger partial charge in [0.1, 0.15) is 11.6 Å². The molecule has 2 heterocycles. The SMILES string of the molecule is CC(C)c1nnc2ccc(Sc3cccc(F)c3CO)cn12. The van der Waals surface area contributed by atoms with Crippen molar-refractivity contribution in [1.29, 1.82) is 0 Å². The Kier molecular flexibility index (Phi) is 4.13. The molecule has 2 aromatic heterocycles. The first-order chi connectivity index (χ1) is 10.6. The Bertz CT molecular complexity index is 816. The van der Waals surface area contributed by atoms with Crippen LogP contribution in [0, 0.1) is 5.82 Å². The monoisotopic (exact) mass is 317 g/mol. The summed E-state index contributed by atoms with van der Waals surface area (Å²) in [6, 6.07) is 8.62. The molecule has 1 N–H and O–H groups in total. The lowest BCUT2D eigenvalue weighted by Gasteiger charge is -2.09. The van der Waals surface area contributed by atoms with E-state index in [9.17, 15) is 9.50 Å². The predicted molar refractivity (Wildman–Crippen MR) is 83.5 cm³/mol. The molecule has 0 saturated carbocycles. The largest absolute Gasteiger partial charge is 0.392 e. The zero-order valence-electron chi connectivity index (χ0n) is 12.3. The molecule has 0 unspecified atom stereocenters. The molecule has 0 atom stereocenters. The van der Waals surface area contributed by atoms with E-state index in [0.717, 1.165) is 16.4 Å². The van der Waals surface area contributed by atoms with Crippen molar-refractivity contribution >= 4 is 17.4 Å². The highest BCUT2D eigenvalue weighted by molar-refractivity contribution is 7.99. The third kappa shape index (κ3) is 2.71. The summed E-state index contributed by atoms with van der Waals surface area (Å²) in [6.45, 7) is 3.81. The highest BCUT2D eigenvalue weighted by Gasteiger charge is 2.12. The molecule has 114 valence electrons. The summed E-state index contributed by atoms with van der Waals surface area (Å²) in [6.07, 6.45) is 1.95. The van der Waals surface area contributed by atoms with E-state index in [1.807, 2.05) is 22.7 Å². The molecule has 0 spiro atoms. The fourth-order valence-electron chi connectivity index (χ4n) is 2.26. The summed E-state index contributed by atoms with van der Waals surface area (Å²) in [5, 5.41) is 17.7. The van der Waals surface area contributed by atoms with E-state index in [2.05, 4.69) is 24.0 Å². The summed E-state index contributed by atoms with van der Waals surface area (Å²) in [7, 11) is 0. The van der Waals surface area contributed by atoms with E-state index in [1.54, 1.807) is 12.1 Å². The standard InChI is InChI=1S/C16H16FN3OS/c1-10(2)16-19-18-15-7-6-11(8-20(15)16)22-14-5-3-4-13(17)12(14)9-21/h3-8,10,21H,9H2,1-2H3. The van der Waals surface area contributed by atoms with Crippen LogP contribution in [0.4, 0.5) is 4.39 Å². The molecule has 0 aliphatic carbocycles. The quantitative estimate of drug-likeness (QED) is 0.798. The average molecular weight is 317 g/mol. The molecule has 6 heteroatoms. The minimum absolute atomic E-state index is 0.262. The maximum Gasteiger partial charge on any atom is 0.160 e. The van der Waals surface area contributed by atoms with Crippen LogP contribution in [-0.4, -0.2) is 19.7 Å². The van der Waals surface area contributed by atoms with Gasteiger partial charge in [-0.15, -0.1) is 10.2 Å². The molecule has 1 aromatic carbocycles. The van der Waals surface area contributed by atoms with Crippen molar-refractivity contribution in [3.8, 4) is 0 Å². The number of aromatic nitrogens is 3.